The van der Waals surface area contributed by atoms with Gasteiger partial charge in [-0.05, 0) is 57.0 Å². The number of benzene rings is 2. The van der Waals surface area contributed by atoms with Gasteiger partial charge in [-0.15, -0.1) is 0 Å². The van der Waals surface area contributed by atoms with Crippen LogP contribution in [-0.4, -0.2) is 58.1 Å². The van der Waals surface area contributed by atoms with Crippen LogP contribution >= 0.6 is 0 Å². The van der Waals surface area contributed by atoms with Crippen LogP contribution < -0.4 is 24.4 Å². The Bertz CT molecular complexity index is 1580. The van der Waals surface area contributed by atoms with Crippen molar-refractivity contribution >= 4 is 34.3 Å². The molecule has 0 spiro atoms. The third-order valence-corrected chi connectivity index (χ3v) is 6.11. The zero-order chi connectivity index (χ0) is 28.4. The molecule has 1 aliphatic rings. The lowest BCUT2D eigenvalue weighted by Crippen LogP contribution is -2.35. The Morgan fingerprint density at radius 1 is 1.05 bits per heavy atom. The van der Waals surface area contributed by atoms with Crippen LogP contribution in [0.2, 0.25) is 0 Å². The van der Waals surface area contributed by atoms with Crippen molar-refractivity contribution in [2.75, 3.05) is 31.0 Å². The molecule has 0 saturated heterocycles. The maximum Gasteiger partial charge on any atom is 0.414 e. The van der Waals surface area contributed by atoms with E-state index < -0.39 is 5.60 Å². The van der Waals surface area contributed by atoms with Crippen molar-refractivity contribution in [3.63, 3.8) is 0 Å². The molecule has 0 saturated carbocycles. The van der Waals surface area contributed by atoms with Crippen molar-refractivity contribution in [2.45, 2.75) is 39.3 Å². The average molecular weight is 547 g/mol. The second-order valence-corrected chi connectivity index (χ2v) is 10.2. The van der Waals surface area contributed by atoms with Gasteiger partial charge in [0.15, 0.2) is 17.2 Å². The van der Waals surface area contributed by atoms with Gasteiger partial charge in [0, 0.05) is 18.3 Å². The minimum Gasteiger partial charge on any atom is -0.493 e. The number of ether oxygens (including phenoxy) is 4. The number of aromatic nitrogens is 4. The molecule has 2 aromatic carbocycles. The van der Waals surface area contributed by atoms with Crippen LogP contribution in [0, 0.1) is 0 Å². The summed E-state index contributed by atoms with van der Waals surface area (Å²) >= 11 is 0. The number of nitrogens with one attached hydrogen (secondary N) is 1. The molecule has 5 rings (SSSR count). The smallest absolute Gasteiger partial charge is 0.414 e. The number of nitrogens with zero attached hydrogens (tertiary/aromatic N) is 5. The fraction of sp³-hybridized carbons (Fsp3) is 0.321. The number of carbonyl (C=O) groups excluding carboxylic acids is 2. The minimum absolute atomic E-state index is 0.0278. The summed E-state index contributed by atoms with van der Waals surface area (Å²) in [6.07, 6.45) is 4.80. The third kappa shape index (κ3) is 5.75. The van der Waals surface area contributed by atoms with Gasteiger partial charge in [-0.2, -0.15) is 5.10 Å². The molecule has 12 heteroatoms. The lowest BCUT2D eigenvalue weighted by atomic mass is 10.1. The molecule has 0 fully saturated rings. The summed E-state index contributed by atoms with van der Waals surface area (Å²) in [6, 6.07) is 8.94. The molecular formula is C28H30N6O6. The van der Waals surface area contributed by atoms with E-state index in [1.807, 2.05) is 32.9 Å². The predicted molar refractivity (Wildman–Crippen MR) is 147 cm³/mol. The standard InChI is InChI=1S/C28H30N6O6/c1-28(2,3)40-27(36)34-9-8-17-10-18(6-7-22(17)34)32-25(35)15-33-14-19(13-31-33)39-26-20-11-23(37-4)24(38-5)12-21(20)29-16-30-26/h6-7,10-14,16H,8-9,15H2,1-5H3,(H,32,35). The van der Waals surface area contributed by atoms with Crippen LogP contribution in [0.5, 0.6) is 23.1 Å². The molecule has 0 unspecified atom stereocenters. The number of methoxy groups -OCH3 is 2. The highest BCUT2D eigenvalue weighted by molar-refractivity contribution is 5.94. The molecule has 2 aromatic heterocycles. The number of hydrogen-bond donors (Lipinski definition) is 1. The van der Waals surface area contributed by atoms with E-state index in [-0.39, 0.29) is 18.5 Å². The molecular weight excluding hydrogens is 516 g/mol. The number of hydrogen-bond acceptors (Lipinski definition) is 9. The highest BCUT2D eigenvalue weighted by Crippen LogP contribution is 2.36. The fourth-order valence-electron chi connectivity index (χ4n) is 4.37. The highest BCUT2D eigenvalue weighted by atomic mass is 16.6. The monoisotopic (exact) mass is 546 g/mol. The van der Waals surface area contributed by atoms with Crippen molar-refractivity contribution in [1.82, 2.24) is 19.7 Å². The summed E-state index contributed by atoms with van der Waals surface area (Å²) in [5, 5.41) is 7.76. The third-order valence-electron chi connectivity index (χ3n) is 6.11. The van der Waals surface area contributed by atoms with E-state index in [0.29, 0.717) is 52.7 Å². The van der Waals surface area contributed by atoms with Crippen LogP contribution in [0.3, 0.4) is 0 Å². The fourth-order valence-corrected chi connectivity index (χ4v) is 4.37. The molecule has 12 nitrogen and oxygen atoms in total. The van der Waals surface area contributed by atoms with E-state index in [2.05, 4.69) is 20.4 Å². The lowest BCUT2D eigenvalue weighted by Gasteiger charge is -2.24. The van der Waals surface area contributed by atoms with E-state index in [1.165, 1.54) is 17.2 Å². The molecule has 3 heterocycles. The first-order chi connectivity index (χ1) is 19.1. The summed E-state index contributed by atoms with van der Waals surface area (Å²) in [4.78, 5) is 35.4. The first-order valence-electron chi connectivity index (χ1n) is 12.6. The molecule has 0 bridgehead atoms. The Kier molecular flexibility index (Phi) is 7.16. The summed E-state index contributed by atoms with van der Waals surface area (Å²) in [7, 11) is 3.10. The van der Waals surface area contributed by atoms with Crippen molar-refractivity contribution in [1.29, 1.82) is 0 Å². The van der Waals surface area contributed by atoms with Crippen LogP contribution in [-0.2, 0) is 22.5 Å². The van der Waals surface area contributed by atoms with Crippen LogP contribution in [0.15, 0.2) is 49.1 Å². The summed E-state index contributed by atoms with van der Waals surface area (Å²) in [5.41, 5.74) is 2.43. The molecule has 0 aliphatic carbocycles. The van der Waals surface area contributed by atoms with Gasteiger partial charge in [0.25, 0.3) is 0 Å². The highest BCUT2D eigenvalue weighted by Gasteiger charge is 2.29. The van der Waals surface area contributed by atoms with E-state index in [0.717, 1.165) is 11.3 Å². The van der Waals surface area contributed by atoms with Gasteiger partial charge in [0.1, 0.15) is 18.5 Å². The molecule has 40 heavy (non-hydrogen) atoms. The molecule has 0 atom stereocenters. The molecule has 1 N–H and O–H groups in total. The van der Waals surface area contributed by atoms with Gasteiger partial charge in [-0.25, -0.2) is 14.8 Å². The first kappa shape index (κ1) is 26.7. The van der Waals surface area contributed by atoms with E-state index in [9.17, 15) is 9.59 Å². The van der Waals surface area contributed by atoms with Gasteiger partial charge in [0.05, 0.1) is 43.2 Å². The molecule has 1 aliphatic heterocycles. The first-order valence-corrected chi connectivity index (χ1v) is 12.6. The molecule has 4 aromatic rings. The van der Waals surface area contributed by atoms with Crippen molar-refractivity contribution < 1.29 is 28.5 Å². The van der Waals surface area contributed by atoms with Crippen LogP contribution in [0.1, 0.15) is 26.3 Å². The van der Waals surface area contributed by atoms with Gasteiger partial charge >= 0.3 is 6.09 Å². The Balaban J connectivity index is 1.23. The number of rotatable bonds is 7. The quantitative estimate of drug-likeness (QED) is 0.354. The van der Waals surface area contributed by atoms with Crippen LogP contribution in [0.25, 0.3) is 10.9 Å². The van der Waals surface area contributed by atoms with Crippen molar-refractivity contribution in [3.05, 3.63) is 54.6 Å². The Hall–Kier alpha value is -4.87. The normalized spacial score (nSPS) is 12.7. The summed E-state index contributed by atoms with van der Waals surface area (Å²) in [5.74, 6) is 1.52. The van der Waals surface area contributed by atoms with Crippen molar-refractivity contribution in [2.24, 2.45) is 0 Å². The van der Waals surface area contributed by atoms with Gasteiger partial charge in [-0.3, -0.25) is 14.4 Å². The number of anilines is 2. The van der Waals surface area contributed by atoms with Gasteiger partial charge in [-0.1, -0.05) is 0 Å². The van der Waals surface area contributed by atoms with Crippen LogP contribution in [0.4, 0.5) is 16.2 Å². The van der Waals surface area contributed by atoms with E-state index in [1.54, 1.807) is 43.5 Å². The predicted octanol–water partition coefficient (Wildman–Crippen LogP) is 4.57. The topological polar surface area (TPSA) is 130 Å². The number of amides is 2. The van der Waals surface area contributed by atoms with E-state index in [4.69, 9.17) is 18.9 Å². The molecule has 0 radical (unpaired) electrons. The Labute approximate surface area is 230 Å². The zero-order valence-electron chi connectivity index (χ0n) is 22.9. The molecule has 2 amide bonds. The Morgan fingerprint density at radius 3 is 2.58 bits per heavy atom. The average Bonchev–Trinajstić information content (AvgIpc) is 3.53. The van der Waals surface area contributed by atoms with Gasteiger partial charge in [0.2, 0.25) is 11.8 Å². The van der Waals surface area contributed by atoms with Crippen molar-refractivity contribution in [3.8, 4) is 23.1 Å². The number of fused-ring (bicyclic) bond motifs is 2. The molecule has 208 valence electrons. The minimum atomic E-state index is -0.574. The maximum absolute atomic E-state index is 12.7. The summed E-state index contributed by atoms with van der Waals surface area (Å²) < 4.78 is 23.6. The second-order valence-electron chi connectivity index (χ2n) is 10.2. The SMILES string of the molecule is COc1cc2ncnc(Oc3cnn(CC(=O)Nc4ccc5c(c4)CCN5C(=O)OC(C)(C)C)c3)c2cc1OC. The summed E-state index contributed by atoms with van der Waals surface area (Å²) in [6.45, 7) is 6.01. The number of carbonyl (C=O) groups is 2. The zero-order valence-corrected chi connectivity index (χ0v) is 22.9. The largest absolute Gasteiger partial charge is 0.493 e. The maximum atomic E-state index is 12.7. The van der Waals surface area contributed by atoms with Gasteiger partial charge < -0.3 is 24.3 Å². The second kappa shape index (κ2) is 10.7. The van der Waals surface area contributed by atoms with E-state index >= 15 is 0 Å². The Morgan fingerprint density at radius 2 is 1.82 bits per heavy atom. The lowest BCUT2D eigenvalue weighted by molar-refractivity contribution is -0.116.